The van der Waals surface area contributed by atoms with Gasteiger partial charge < -0.3 is 19.1 Å². The summed E-state index contributed by atoms with van der Waals surface area (Å²) in [5.74, 6) is 0.422. The van der Waals surface area contributed by atoms with Crippen molar-refractivity contribution in [2.75, 3.05) is 33.9 Å². The molecule has 1 heterocycles. The molecule has 0 aliphatic carbocycles. The van der Waals surface area contributed by atoms with Crippen LogP contribution >= 0.6 is 0 Å². The van der Waals surface area contributed by atoms with E-state index in [1.54, 1.807) is 31.4 Å². The Balaban J connectivity index is 1.92. The molecule has 0 atom stereocenters. The summed E-state index contributed by atoms with van der Waals surface area (Å²) in [5.41, 5.74) is -0.0475. The zero-order valence-corrected chi connectivity index (χ0v) is 14.8. The molecule has 0 fully saturated rings. The summed E-state index contributed by atoms with van der Waals surface area (Å²) in [6.07, 6.45) is -3.26. The normalized spacial score (nSPS) is 11.0. The Hall–Kier alpha value is -2.97. The molecular weight excluding hydrogens is 365 g/mol. The highest BCUT2D eigenvalue weighted by Crippen LogP contribution is 2.21. The van der Waals surface area contributed by atoms with E-state index in [4.69, 9.17) is 9.47 Å². The van der Waals surface area contributed by atoms with E-state index in [9.17, 15) is 18.0 Å². The minimum atomic E-state index is -4.52. The molecule has 1 amide bonds. The van der Waals surface area contributed by atoms with E-state index in [0.29, 0.717) is 11.5 Å². The van der Waals surface area contributed by atoms with Gasteiger partial charge in [0.2, 0.25) is 5.88 Å². The van der Waals surface area contributed by atoms with Gasteiger partial charge in [-0.3, -0.25) is 4.79 Å². The summed E-state index contributed by atoms with van der Waals surface area (Å²) >= 11 is 0. The Morgan fingerprint density at radius 3 is 2.41 bits per heavy atom. The van der Waals surface area contributed by atoms with Crippen molar-refractivity contribution in [3.63, 3.8) is 0 Å². The highest BCUT2D eigenvalue weighted by Gasteiger charge is 2.30. The highest BCUT2D eigenvalue weighted by atomic mass is 19.4. The van der Waals surface area contributed by atoms with Gasteiger partial charge in [0.05, 0.1) is 13.7 Å². The van der Waals surface area contributed by atoms with E-state index in [-0.39, 0.29) is 24.6 Å². The van der Waals surface area contributed by atoms with Crippen molar-refractivity contribution < 1.29 is 32.2 Å². The number of methoxy groups -OCH3 is 1. The number of amides is 1. The van der Waals surface area contributed by atoms with E-state index in [1.807, 2.05) is 0 Å². The van der Waals surface area contributed by atoms with Crippen LogP contribution in [-0.4, -0.2) is 55.9 Å². The number of hydrogen-bond acceptors (Lipinski definition) is 5. The number of aromatic nitrogens is 1. The fourth-order valence-electron chi connectivity index (χ4n) is 2.10. The van der Waals surface area contributed by atoms with Crippen molar-refractivity contribution in [2.24, 2.45) is 0 Å². The fraction of sp³-hybridized carbons (Fsp3) is 0.333. The van der Waals surface area contributed by atoms with Crippen LogP contribution in [0.25, 0.3) is 0 Å². The van der Waals surface area contributed by atoms with Crippen LogP contribution in [0.4, 0.5) is 13.2 Å². The summed E-state index contributed by atoms with van der Waals surface area (Å²) in [7, 11) is 3.07. The summed E-state index contributed by atoms with van der Waals surface area (Å²) in [5, 5.41) is 0. The number of benzene rings is 1. The molecule has 0 unspecified atom stereocenters. The Morgan fingerprint density at radius 2 is 1.78 bits per heavy atom. The smallest absolute Gasteiger partial charge is 0.422 e. The van der Waals surface area contributed by atoms with Gasteiger partial charge >= 0.3 is 6.18 Å². The number of hydrogen-bond donors (Lipinski definition) is 0. The van der Waals surface area contributed by atoms with Crippen LogP contribution in [0.1, 0.15) is 10.4 Å². The summed E-state index contributed by atoms with van der Waals surface area (Å²) in [6.45, 7) is -1.10. The van der Waals surface area contributed by atoms with Crippen molar-refractivity contribution in [3.8, 4) is 17.4 Å². The second-order valence-electron chi connectivity index (χ2n) is 5.51. The molecule has 146 valence electrons. The van der Waals surface area contributed by atoms with Gasteiger partial charge in [0.1, 0.15) is 23.7 Å². The molecule has 0 saturated carbocycles. The van der Waals surface area contributed by atoms with Gasteiger partial charge in [-0.15, -0.1) is 0 Å². The molecule has 0 saturated heterocycles. The van der Waals surface area contributed by atoms with Gasteiger partial charge in [-0.2, -0.15) is 13.2 Å². The molecule has 6 nitrogen and oxygen atoms in total. The Labute approximate surface area is 154 Å². The lowest BCUT2D eigenvalue weighted by molar-refractivity contribution is -0.154. The van der Waals surface area contributed by atoms with Gasteiger partial charge in [0, 0.05) is 13.2 Å². The standard InChI is InChI=1S/C18H19F3N2O4/c1-23(10-11-26-14-7-5-13(25-2)6-8-14)17(24)15-4-3-9-22-16(15)27-12-18(19,20)21/h3-9H,10-12H2,1-2H3. The maximum atomic E-state index is 12.5. The lowest BCUT2D eigenvalue weighted by Crippen LogP contribution is -2.31. The van der Waals surface area contributed by atoms with Crippen molar-refractivity contribution in [3.05, 3.63) is 48.2 Å². The van der Waals surface area contributed by atoms with Crippen LogP contribution < -0.4 is 14.2 Å². The number of carbonyl (C=O) groups is 1. The van der Waals surface area contributed by atoms with Crippen LogP contribution in [-0.2, 0) is 0 Å². The number of ether oxygens (including phenoxy) is 3. The van der Waals surface area contributed by atoms with E-state index < -0.39 is 18.7 Å². The average Bonchev–Trinajstić information content (AvgIpc) is 2.66. The van der Waals surface area contributed by atoms with Crippen LogP contribution in [0.2, 0.25) is 0 Å². The lowest BCUT2D eigenvalue weighted by Gasteiger charge is -2.19. The molecule has 1 aromatic heterocycles. The first-order valence-electron chi connectivity index (χ1n) is 7.97. The summed E-state index contributed by atoms with van der Waals surface area (Å²) in [4.78, 5) is 17.5. The molecule has 2 rings (SSSR count). The van der Waals surface area contributed by atoms with Crippen molar-refractivity contribution in [1.82, 2.24) is 9.88 Å². The molecular formula is C18H19F3N2O4. The number of alkyl halides is 3. The van der Waals surface area contributed by atoms with E-state index >= 15 is 0 Å². The SMILES string of the molecule is COc1ccc(OCCN(C)C(=O)c2cccnc2OCC(F)(F)F)cc1. The van der Waals surface area contributed by atoms with Crippen LogP contribution in [0.15, 0.2) is 42.6 Å². The number of likely N-dealkylation sites (N-methyl/N-ethyl adjacent to an activating group) is 1. The first-order valence-corrected chi connectivity index (χ1v) is 7.97. The average molecular weight is 384 g/mol. The zero-order chi connectivity index (χ0) is 19.9. The molecule has 0 radical (unpaired) electrons. The lowest BCUT2D eigenvalue weighted by atomic mass is 10.2. The van der Waals surface area contributed by atoms with Crippen LogP contribution in [0.3, 0.4) is 0 Å². The minimum Gasteiger partial charge on any atom is -0.497 e. The van der Waals surface area contributed by atoms with Gasteiger partial charge in [-0.25, -0.2) is 4.98 Å². The number of carbonyl (C=O) groups excluding carboxylic acids is 1. The fourth-order valence-corrected chi connectivity index (χ4v) is 2.10. The molecule has 27 heavy (non-hydrogen) atoms. The highest BCUT2D eigenvalue weighted by molar-refractivity contribution is 5.96. The maximum absolute atomic E-state index is 12.5. The molecule has 0 aliphatic heterocycles. The first kappa shape index (κ1) is 20.3. The van der Waals surface area contributed by atoms with Gasteiger partial charge in [0.25, 0.3) is 5.91 Å². The Morgan fingerprint density at radius 1 is 1.11 bits per heavy atom. The number of pyridine rings is 1. The van der Waals surface area contributed by atoms with Gasteiger partial charge in [-0.05, 0) is 36.4 Å². The Kier molecular flexibility index (Phi) is 6.86. The molecule has 0 N–H and O–H groups in total. The largest absolute Gasteiger partial charge is 0.497 e. The topological polar surface area (TPSA) is 60.9 Å². The summed E-state index contributed by atoms with van der Waals surface area (Å²) < 4.78 is 52.2. The van der Waals surface area contributed by atoms with Crippen LogP contribution in [0, 0.1) is 0 Å². The second kappa shape index (κ2) is 9.11. The predicted molar refractivity (Wildman–Crippen MR) is 91.2 cm³/mol. The molecule has 0 aliphatic rings. The van der Waals surface area contributed by atoms with Gasteiger partial charge in [0.15, 0.2) is 6.61 Å². The Bertz CT molecular complexity index is 751. The molecule has 1 aromatic carbocycles. The third-order valence-electron chi connectivity index (χ3n) is 3.48. The monoisotopic (exact) mass is 384 g/mol. The molecule has 0 spiro atoms. The quantitative estimate of drug-likeness (QED) is 0.700. The van der Waals surface area contributed by atoms with Crippen molar-refractivity contribution in [1.29, 1.82) is 0 Å². The molecule has 0 bridgehead atoms. The van der Waals surface area contributed by atoms with Crippen molar-refractivity contribution >= 4 is 5.91 Å². The molecule has 9 heteroatoms. The van der Waals surface area contributed by atoms with E-state index in [1.165, 1.54) is 30.3 Å². The molecule has 2 aromatic rings. The number of nitrogens with zero attached hydrogens (tertiary/aromatic N) is 2. The van der Waals surface area contributed by atoms with Crippen molar-refractivity contribution in [2.45, 2.75) is 6.18 Å². The minimum absolute atomic E-state index is 0.0475. The van der Waals surface area contributed by atoms with E-state index in [2.05, 4.69) is 9.72 Å². The first-order chi connectivity index (χ1) is 12.8. The summed E-state index contributed by atoms with van der Waals surface area (Å²) in [6, 6.07) is 9.75. The second-order valence-corrected chi connectivity index (χ2v) is 5.51. The zero-order valence-electron chi connectivity index (χ0n) is 14.8. The third-order valence-corrected chi connectivity index (χ3v) is 3.48. The van der Waals surface area contributed by atoms with E-state index in [0.717, 1.165) is 0 Å². The predicted octanol–water partition coefficient (Wildman–Crippen LogP) is 3.18. The third kappa shape index (κ3) is 6.36. The van der Waals surface area contributed by atoms with Gasteiger partial charge in [-0.1, -0.05) is 0 Å². The van der Waals surface area contributed by atoms with Crippen LogP contribution in [0.5, 0.6) is 17.4 Å². The number of rotatable bonds is 8. The number of halogens is 3. The maximum Gasteiger partial charge on any atom is 0.422 e.